The predicted octanol–water partition coefficient (Wildman–Crippen LogP) is 1.65. The van der Waals surface area contributed by atoms with Crippen molar-refractivity contribution >= 4 is 29.1 Å². The second kappa shape index (κ2) is 4.89. The first kappa shape index (κ1) is 12.1. The van der Waals surface area contributed by atoms with Crippen molar-refractivity contribution in [1.29, 1.82) is 0 Å². The Morgan fingerprint density at radius 2 is 2.29 bits per heavy atom. The summed E-state index contributed by atoms with van der Waals surface area (Å²) in [6, 6.07) is 5.39. The number of amides is 1. The van der Waals surface area contributed by atoms with Crippen LogP contribution in [0.3, 0.4) is 0 Å². The van der Waals surface area contributed by atoms with Gasteiger partial charge in [-0.3, -0.25) is 9.59 Å². The fraction of sp³-hybridized carbons (Fsp3) is 0.333. The minimum Gasteiger partial charge on any atom is -0.330 e. The average Bonchev–Trinajstić information content (AvgIpc) is 2.30. The number of anilines is 1. The molecule has 2 rings (SSSR count). The van der Waals surface area contributed by atoms with E-state index in [1.807, 2.05) is 13.0 Å². The van der Waals surface area contributed by atoms with Gasteiger partial charge in [-0.15, -0.1) is 11.8 Å². The van der Waals surface area contributed by atoms with Gasteiger partial charge in [0.15, 0.2) is 5.78 Å². The fourth-order valence-electron chi connectivity index (χ4n) is 1.66. The molecule has 0 radical (unpaired) electrons. The van der Waals surface area contributed by atoms with Crippen LogP contribution in [-0.4, -0.2) is 23.5 Å². The number of hydrogen-bond acceptors (Lipinski definition) is 4. The molecule has 1 heterocycles. The van der Waals surface area contributed by atoms with Gasteiger partial charge in [0.2, 0.25) is 5.91 Å². The summed E-state index contributed by atoms with van der Waals surface area (Å²) in [7, 11) is 0. The Hall–Kier alpha value is -1.33. The van der Waals surface area contributed by atoms with Crippen molar-refractivity contribution in [2.45, 2.75) is 23.5 Å². The molecule has 1 unspecified atom stereocenters. The molecule has 1 aliphatic rings. The van der Waals surface area contributed by atoms with Crippen LogP contribution in [0.5, 0.6) is 0 Å². The van der Waals surface area contributed by atoms with Gasteiger partial charge in [0, 0.05) is 16.9 Å². The van der Waals surface area contributed by atoms with Crippen LogP contribution in [0.2, 0.25) is 0 Å². The molecule has 1 aromatic rings. The van der Waals surface area contributed by atoms with Crippen LogP contribution in [0.4, 0.5) is 5.69 Å². The van der Waals surface area contributed by atoms with Crippen molar-refractivity contribution in [3.63, 3.8) is 0 Å². The number of nitrogens with one attached hydrogen (secondary N) is 1. The molecule has 90 valence electrons. The van der Waals surface area contributed by atoms with Gasteiger partial charge in [-0.25, -0.2) is 0 Å². The van der Waals surface area contributed by atoms with E-state index in [0.717, 1.165) is 10.6 Å². The fourth-order valence-corrected chi connectivity index (χ4v) is 2.59. The van der Waals surface area contributed by atoms with E-state index in [2.05, 4.69) is 5.32 Å². The molecule has 0 fully saturated rings. The molecule has 1 aromatic carbocycles. The number of Topliss-reactive ketones (excluding diaryl/α,β-unsaturated/α-hetero) is 1. The predicted molar refractivity (Wildman–Crippen MR) is 68.4 cm³/mol. The summed E-state index contributed by atoms with van der Waals surface area (Å²) < 4.78 is 0. The number of nitrogens with two attached hydrogens (primary N) is 1. The summed E-state index contributed by atoms with van der Waals surface area (Å²) in [4.78, 5) is 24.2. The number of hydrogen-bond donors (Lipinski definition) is 2. The van der Waals surface area contributed by atoms with Crippen LogP contribution < -0.4 is 11.1 Å². The zero-order valence-electron chi connectivity index (χ0n) is 9.53. The maximum atomic E-state index is 11.7. The van der Waals surface area contributed by atoms with Gasteiger partial charge in [-0.05, 0) is 25.6 Å². The highest BCUT2D eigenvalue weighted by atomic mass is 32.2. The normalized spacial score (nSPS) is 18.5. The maximum Gasteiger partial charge on any atom is 0.237 e. The second-order valence-corrected chi connectivity index (χ2v) is 5.30. The summed E-state index contributed by atoms with van der Waals surface area (Å²) in [5.74, 6) is -0.0147. The molecule has 0 spiro atoms. The monoisotopic (exact) mass is 250 g/mol. The summed E-state index contributed by atoms with van der Waals surface area (Å²) in [5, 5.41) is 2.71. The minimum absolute atomic E-state index is 0.00757. The van der Waals surface area contributed by atoms with Crippen LogP contribution in [0.25, 0.3) is 0 Å². The second-order valence-electron chi connectivity index (χ2n) is 3.92. The molecule has 1 aliphatic heterocycles. The minimum atomic E-state index is -0.0897. The van der Waals surface area contributed by atoms with Crippen molar-refractivity contribution in [2.24, 2.45) is 5.73 Å². The zero-order chi connectivity index (χ0) is 12.4. The van der Waals surface area contributed by atoms with Crippen molar-refractivity contribution in [3.05, 3.63) is 23.8 Å². The first-order valence-electron chi connectivity index (χ1n) is 5.46. The third kappa shape index (κ3) is 2.50. The highest BCUT2D eigenvalue weighted by Crippen LogP contribution is 2.36. The van der Waals surface area contributed by atoms with E-state index in [-0.39, 0.29) is 16.9 Å². The molecular weight excluding hydrogens is 236 g/mol. The molecule has 4 nitrogen and oxygen atoms in total. The number of fused-ring (bicyclic) bond motifs is 1. The lowest BCUT2D eigenvalue weighted by molar-refractivity contribution is -0.115. The van der Waals surface area contributed by atoms with E-state index >= 15 is 0 Å². The van der Waals surface area contributed by atoms with Crippen molar-refractivity contribution in [1.82, 2.24) is 0 Å². The number of benzene rings is 1. The SMILES string of the molecule is CC1Sc2ccc(C(=O)CCN)cc2NC1=O. The summed E-state index contributed by atoms with van der Waals surface area (Å²) in [6.45, 7) is 2.20. The van der Waals surface area contributed by atoms with Crippen LogP contribution in [0.15, 0.2) is 23.1 Å². The average molecular weight is 250 g/mol. The lowest BCUT2D eigenvalue weighted by atomic mass is 10.1. The van der Waals surface area contributed by atoms with Crippen LogP contribution in [0.1, 0.15) is 23.7 Å². The Morgan fingerprint density at radius 1 is 1.53 bits per heavy atom. The van der Waals surface area contributed by atoms with Gasteiger partial charge in [0.05, 0.1) is 10.9 Å². The molecule has 0 aliphatic carbocycles. The molecule has 3 N–H and O–H groups in total. The summed E-state index contributed by atoms with van der Waals surface area (Å²) in [6.07, 6.45) is 0.330. The summed E-state index contributed by atoms with van der Waals surface area (Å²) >= 11 is 1.51. The smallest absolute Gasteiger partial charge is 0.237 e. The Bertz CT molecular complexity index is 474. The van der Waals surface area contributed by atoms with Crippen molar-refractivity contribution in [3.8, 4) is 0 Å². The molecule has 5 heteroatoms. The van der Waals surface area contributed by atoms with Gasteiger partial charge in [0.1, 0.15) is 0 Å². The number of thioether (sulfide) groups is 1. The van der Waals surface area contributed by atoms with E-state index in [9.17, 15) is 9.59 Å². The van der Waals surface area contributed by atoms with Gasteiger partial charge in [-0.2, -0.15) is 0 Å². The molecule has 1 amide bonds. The van der Waals surface area contributed by atoms with Crippen molar-refractivity contribution < 1.29 is 9.59 Å². The molecule has 0 aromatic heterocycles. The molecule has 0 saturated carbocycles. The van der Waals surface area contributed by atoms with E-state index in [4.69, 9.17) is 5.73 Å². The van der Waals surface area contributed by atoms with Gasteiger partial charge in [-0.1, -0.05) is 6.07 Å². The quantitative estimate of drug-likeness (QED) is 0.800. The van der Waals surface area contributed by atoms with E-state index in [1.165, 1.54) is 11.8 Å². The highest BCUT2D eigenvalue weighted by molar-refractivity contribution is 8.00. The van der Waals surface area contributed by atoms with Crippen LogP contribution >= 0.6 is 11.8 Å². The topological polar surface area (TPSA) is 72.2 Å². The first-order valence-corrected chi connectivity index (χ1v) is 6.34. The number of rotatable bonds is 3. The van der Waals surface area contributed by atoms with E-state index in [0.29, 0.717) is 18.5 Å². The molecule has 0 bridgehead atoms. The molecule has 1 atom stereocenters. The van der Waals surface area contributed by atoms with E-state index < -0.39 is 0 Å². The molecule has 0 saturated heterocycles. The van der Waals surface area contributed by atoms with Gasteiger partial charge in [0.25, 0.3) is 0 Å². The lowest BCUT2D eigenvalue weighted by Gasteiger charge is -2.21. The first-order chi connectivity index (χ1) is 8.11. The lowest BCUT2D eigenvalue weighted by Crippen LogP contribution is -2.26. The van der Waals surface area contributed by atoms with Crippen molar-refractivity contribution in [2.75, 3.05) is 11.9 Å². The highest BCUT2D eigenvalue weighted by Gasteiger charge is 2.23. The summed E-state index contributed by atoms with van der Waals surface area (Å²) in [5.41, 5.74) is 6.67. The van der Waals surface area contributed by atoms with Crippen LogP contribution in [0, 0.1) is 0 Å². The third-order valence-electron chi connectivity index (χ3n) is 2.60. The molecular formula is C12H14N2O2S. The maximum absolute atomic E-state index is 11.7. The van der Waals surface area contributed by atoms with Crippen LogP contribution in [-0.2, 0) is 4.79 Å². The number of carbonyl (C=O) groups is 2. The Balaban J connectivity index is 2.28. The number of ketones is 1. The zero-order valence-corrected chi connectivity index (χ0v) is 10.3. The molecule has 17 heavy (non-hydrogen) atoms. The van der Waals surface area contributed by atoms with E-state index in [1.54, 1.807) is 12.1 Å². The largest absolute Gasteiger partial charge is 0.330 e. The Morgan fingerprint density at radius 3 is 3.00 bits per heavy atom. The third-order valence-corrected chi connectivity index (χ3v) is 3.78. The Kier molecular flexibility index (Phi) is 3.49. The number of carbonyl (C=O) groups excluding carboxylic acids is 2. The van der Waals surface area contributed by atoms with Gasteiger partial charge >= 0.3 is 0 Å². The standard InChI is InChI=1S/C12H14N2O2S/c1-7-12(16)14-9-6-8(10(15)4-5-13)2-3-11(9)17-7/h2-3,6-7H,4-5,13H2,1H3,(H,14,16). The Labute approximate surface area is 104 Å². The van der Waals surface area contributed by atoms with Gasteiger partial charge < -0.3 is 11.1 Å².